The van der Waals surface area contributed by atoms with Crippen molar-refractivity contribution in [2.75, 3.05) is 31.1 Å². The zero-order chi connectivity index (χ0) is 15.9. The number of hydrogen-bond acceptors (Lipinski definition) is 6. The minimum Gasteiger partial charge on any atom is -0.356 e. The Kier molecular flexibility index (Phi) is 3.43. The van der Waals surface area contributed by atoms with Crippen LogP contribution in [0.1, 0.15) is 30.1 Å². The van der Waals surface area contributed by atoms with E-state index < -0.39 is 0 Å². The van der Waals surface area contributed by atoms with Crippen LogP contribution in [0.15, 0.2) is 30.7 Å². The van der Waals surface area contributed by atoms with Crippen molar-refractivity contribution in [3.63, 3.8) is 0 Å². The van der Waals surface area contributed by atoms with E-state index in [0.717, 1.165) is 56.1 Å². The van der Waals surface area contributed by atoms with Gasteiger partial charge in [-0.2, -0.15) is 10.2 Å². The summed E-state index contributed by atoms with van der Waals surface area (Å²) >= 11 is 0. The second-order valence-corrected chi connectivity index (χ2v) is 7.41. The van der Waals surface area contributed by atoms with Gasteiger partial charge in [-0.05, 0) is 36.8 Å². The third kappa shape index (κ3) is 2.75. The lowest BCUT2D eigenvalue weighted by atomic mass is 10.0. The fourth-order valence-electron chi connectivity index (χ4n) is 4.19. The summed E-state index contributed by atoms with van der Waals surface area (Å²) in [5.41, 5.74) is 2.31. The molecule has 6 heteroatoms. The standard InChI is InChI=1S/C18H22N6/c1-2-16(22-21-5-1)11-23-7-14-9-24(10-15(14)8-23)18-6-17(13-3-4-13)19-12-20-18/h1-2,5-6,12-15H,3-4,7-11H2. The summed E-state index contributed by atoms with van der Waals surface area (Å²) < 4.78 is 0. The first kappa shape index (κ1) is 14.3. The van der Waals surface area contributed by atoms with Crippen LogP contribution in [-0.2, 0) is 6.54 Å². The zero-order valence-electron chi connectivity index (χ0n) is 13.8. The van der Waals surface area contributed by atoms with Crippen molar-refractivity contribution in [1.82, 2.24) is 25.1 Å². The maximum atomic E-state index is 4.53. The molecule has 2 aromatic heterocycles. The highest BCUT2D eigenvalue weighted by Gasteiger charge is 2.40. The molecule has 0 spiro atoms. The van der Waals surface area contributed by atoms with Gasteiger partial charge in [0.05, 0.1) is 5.69 Å². The van der Waals surface area contributed by atoms with Crippen molar-refractivity contribution in [3.05, 3.63) is 42.1 Å². The SMILES string of the molecule is c1cnnc(CN2CC3CN(c4cc(C5CC5)ncn4)CC3C2)c1. The van der Waals surface area contributed by atoms with Crippen molar-refractivity contribution in [3.8, 4) is 0 Å². The molecule has 0 amide bonds. The van der Waals surface area contributed by atoms with Gasteiger partial charge >= 0.3 is 0 Å². The molecule has 24 heavy (non-hydrogen) atoms. The van der Waals surface area contributed by atoms with E-state index in [1.54, 1.807) is 12.5 Å². The molecule has 1 aliphatic carbocycles. The van der Waals surface area contributed by atoms with Gasteiger partial charge in [0, 0.05) is 56.6 Å². The third-order valence-electron chi connectivity index (χ3n) is 5.57. The van der Waals surface area contributed by atoms with Crippen molar-refractivity contribution in [2.24, 2.45) is 11.8 Å². The molecule has 2 aliphatic heterocycles. The molecule has 0 radical (unpaired) electrons. The molecule has 2 unspecified atom stereocenters. The number of aromatic nitrogens is 4. The molecule has 3 fully saturated rings. The Morgan fingerprint density at radius 2 is 1.88 bits per heavy atom. The Hall–Kier alpha value is -2.08. The minimum absolute atomic E-state index is 0.691. The summed E-state index contributed by atoms with van der Waals surface area (Å²) in [6.07, 6.45) is 6.06. The normalized spacial score (nSPS) is 26.8. The molecule has 0 bridgehead atoms. The lowest BCUT2D eigenvalue weighted by Crippen LogP contribution is -2.29. The molecular weight excluding hydrogens is 300 g/mol. The van der Waals surface area contributed by atoms with Crippen LogP contribution >= 0.6 is 0 Å². The van der Waals surface area contributed by atoms with Crippen LogP contribution in [0, 0.1) is 11.8 Å². The minimum atomic E-state index is 0.691. The summed E-state index contributed by atoms with van der Waals surface area (Å²) in [7, 11) is 0. The molecule has 6 nitrogen and oxygen atoms in total. The van der Waals surface area contributed by atoms with Crippen LogP contribution in [0.5, 0.6) is 0 Å². The van der Waals surface area contributed by atoms with Crippen molar-refractivity contribution in [1.29, 1.82) is 0 Å². The highest BCUT2D eigenvalue weighted by molar-refractivity contribution is 5.42. The fraction of sp³-hybridized carbons (Fsp3) is 0.556. The number of likely N-dealkylation sites (tertiary alicyclic amines) is 1. The topological polar surface area (TPSA) is 58.0 Å². The lowest BCUT2D eigenvalue weighted by Gasteiger charge is -2.22. The van der Waals surface area contributed by atoms with E-state index in [9.17, 15) is 0 Å². The number of fused-ring (bicyclic) bond motifs is 1. The average molecular weight is 322 g/mol. The zero-order valence-corrected chi connectivity index (χ0v) is 13.8. The van der Waals surface area contributed by atoms with E-state index in [-0.39, 0.29) is 0 Å². The van der Waals surface area contributed by atoms with E-state index in [1.807, 2.05) is 6.07 Å². The van der Waals surface area contributed by atoms with E-state index in [4.69, 9.17) is 0 Å². The van der Waals surface area contributed by atoms with Crippen LogP contribution in [0.4, 0.5) is 5.82 Å². The summed E-state index contributed by atoms with van der Waals surface area (Å²) in [6.45, 7) is 5.45. The van der Waals surface area contributed by atoms with Crippen molar-refractivity contribution < 1.29 is 0 Å². The highest BCUT2D eigenvalue weighted by atomic mass is 15.3. The van der Waals surface area contributed by atoms with E-state index in [1.165, 1.54) is 18.5 Å². The molecular formula is C18H22N6. The molecule has 2 saturated heterocycles. The first-order valence-corrected chi connectivity index (χ1v) is 8.91. The maximum Gasteiger partial charge on any atom is 0.132 e. The van der Waals surface area contributed by atoms with Gasteiger partial charge in [0.25, 0.3) is 0 Å². The largest absolute Gasteiger partial charge is 0.356 e. The fourth-order valence-corrected chi connectivity index (χ4v) is 4.19. The van der Waals surface area contributed by atoms with Crippen LogP contribution < -0.4 is 4.90 Å². The second kappa shape index (κ2) is 5.77. The van der Waals surface area contributed by atoms with E-state index in [2.05, 4.69) is 42.1 Å². The van der Waals surface area contributed by atoms with Crippen molar-refractivity contribution in [2.45, 2.75) is 25.3 Å². The molecule has 124 valence electrons. The highest BCUT2D eigenvalue weighted by Crippen LogP contribution is 2.40. The summed E-state index contributed by atoms with van der Waals surface area (Å²) in [6, 6.07) is 6.25. The lowest BCUT2D eigenvalue weighted by molar-refractivity contribution is 0.304. The Bertz CT molecular complexity index is 702. The summed E-state index contributed by atoms with van der Waals surface area (Å²) in [5, 5.41) is 8.19. The molecule has 0 N–H and O–H groups in total. The molecule has 5 rings (SSSR count). The summed E-state index contributed by atoms with van der Waals surface area (Å²) in [5.74, 6) is 3.29. The monoisotopic (exact) mass is 322 g/mol. The molecule has 4 heterocycles. The first-order chi connectivity index (χ1) is 11.8. The van der Waals surface area contributed by atoms with Crippen LogP contribution in [0.25, 0.3) is 0 Å². The van der Waals surface area contributed by atoms with Crippen LogP contribution in [-0.4, -0.2) is 51.2 Å². The third-order valence-corrected chi connectivity index (χ3v) is 5.57. The Balaban J connectivity index is 1.23. The molecule has 2 atom stereocenters. The van der Waals surface area contributed by atoms with Gasteiger partial charge in [0.1, 0.15) is 12.1 Å². The molecule has 1 saturated carbocycles. The van der Waals surface area contributed by atoms with Gasteiger partial charge in [-0.3, -0.25) is 4.90 Å². The van der Waals surface area contributed by atoms with Gasteiger partial charge in [0.15, 0.2) is 0 Å². The number of rotatable bonds is 4. The van der Waals surface area contributed by atoms with E-state index in [0.29, 0.717) is 5.92 Å². The quantitative estimate of drug-likeness (QED) is 0.854. The average Bonchev–Trinajstić information content (AvgIpc) is 3.29. The van der Waals surface area contributed by atoms with Gasteiger partial charge in [-0.15, -0.1) is 0 Å². The van der Waals surface area contributed by atoms with E-state index >= 15 is 0 Å². The number of nitrogens with zero attached hydrogens (tertiary/aromatic N) is 6. The Labute approximate surface area is 141 Å². The Morgan fingerprint density at radius 3 is 2.58 bits per heavy atom. The second-order valence-electron chi connectivity index (χ2n) is 7.41. The van der Waals surface area contributed by atoms with Gasteiger partial charge in [-0.1, -0.05) is 0 Å². The predicted molar refractivity (Wildman–Crippen MR) is 90.5 cm³/mol. The molecule has 3 aliphatic rings. The van der Waals surface area contributed by atoms with Crippen molar-refractivity contribution >= 4 is 5.82 Å². The smallest absolute Gasteiger partial charge is 0.132 e. The maximum absolute atomic E-state index is 4.53. The van der Waals surface area contributed by atoms with Crippen LogP contribution in [0.3, 0.4) is 0 Å². The first-order valence-electron chi connectivity index (χ1n) is 8.91. The molecule has 0 aromatic carbocycles. The number of hydrogen-bond donors (Lipinski definition) is 0. The van der Waals surface area contributed by atoms with Gasteiger partial charge in [0.2, 0.25) is 0 Å². The van der Waals surface area contributed by atoms with Gasteiger partial charge in [-0.25, -0.2) is 9.97 Å². The Morgan fingerprint density at radius 1 is 1.04 bits per heavy atom. The molecule has 2 aromatic rings. The predicted octanol–water partition coefficient (Wildman–Crippen LogP) is 1.71. The van der Waals surface area contributed by atoms with Crippen LogP contribution in [0.2, 0.25) is 0 Å². The van der Waals surface area contributed by atoms with Gasteiger partial charge < -0.3 is 4.90 Å². The summed E-state index contributed by atoms with van der Waals surface area (Å²) in [4.78, 5) is 14.0. The number of anilines is 1.